The maximum Gasteiger partial charge on any atom is 0.306 e. The summed E-state index contributed by atoms with van der Waals surface area (Å²) in [5, 5.41) is 3.03. The third kappa shape index (κ3) is 56.4. The number of phosphoric acid groups is 1. The third-order valence-electron chi connectivity index (χ3n) is 14.2. The van der Waals surface area contributed by atoms with Crippen LogP contribution in [0.15, 0.2) is 60.8 Å². The van der Waals surface area contributed by atoms with Crippen LogP contribution in [-0.2, 0) is 27.9 Å². The van der Waals surface area contributed by atoms with Crippen LogP contribution in [0.3, 0.4) is 0 Å². The van der Waals surface area contributed by atoms with Crippen molar-refractivity contribution in [3.05, 3.63) is 60.8 Å². The molecular formula is C66H123N2O7P. The van der Waals surface area contributed by atoms with E-state index in [9.17, 15) is 19.0 Å². The second-order valence-corrected chi connectivity index (χ2v) is 24.3. The molecular weight excluding hydrogens is 964 g/mol. The summed E-state index contributed by atoms with van der Waals surface area (Å²) in [5.74, 6) is -0.544. The van der Waals surface area contributed by atoms with Crippen molar-refractivity contribution in [3.8, 4) is 0 Å². The average Bonchev–Trinajstić information content (AvgIpc) is 3.38. The van der Waals surface area contributed by atoms with E-state index in [0.29, 0.717) is 17.4 Å². The molecule has 1 N–H and O–H groups in total. The summed E-state index contributed by atoms with van der Waals surface area (Å²) in [7, 11) is 1.18. The molecule has 0 bridgehead atoms. The number of likely N-dealkylation sites (N-methyl/N-ethyl adjacent to an activating group) is 1. The van der Waals surface area contributed by atoms with Crippen LogP contribution >= 0.6 is 7.82 Å². The van der Waals surface area contributed by atoms with E-state index in [1.807, 2.05) is 33.3 Å². The van der Waals surface area contributed by atoms with Gasteiger partial charge in [-0.25, -0.2) is 0 Å². The molecule has 0 heterocycles. The monoisotopic (exact) mass is 1090 g/mol. The van der Waals surface area contributed by atoms with Crippen molar-refractivity contribution in [2.75, 3.05) is 40.9 Å². The Hall–Kier alpha value is -2.29. The van der Waals surface area contributed by atoms with Gasteiger partial charge in [-0.05, 0) is 76.7 Å². The van der Waals surface area contributed by atoms with Crippen LogP contribution in [0.4, 0.5) is 0 Å². The summed E-state index contributed by atoms with van der Waals surface area (Å²) >= 11 is 0. The van der Waals surface area contributed by atoms with Gasteiger partial charge >= 0.3 is 5.97 Å². The molecule has 0 aliphatic rings. The zero-order valence-corrected chi connectivity index (χ0v) is 51.6. The fourth-order valence-corrected chi connectivity index (χ4v) is 9.94. The van der Waals surface area contributed by atoms with Crippen LogP contribution in [0.1, 0.15) is 297 Å². The molecule has 444 valence electrons. The maximum atomic E-state index is 13.5. The highest BCUT2D eigenvalue weighted by Crippen LogP contribution is 2.38. The molecule has 1 amide bonds. The molecule has 0 fully saturated rings. The number of hydrogen-bond acceptors (Lipinski definition) is 7. The Labute approximate surface area is 471 Å². The van der Waals surface area contributed by atoms with Crippen molar-refractivity contribution in [2.45, 2.75) is 309 Å². The predicted molar refractivity (Wildman–Crippen MR) is 325 cm³/mol. The smallest absolute Gasteiger partial charge is 0.306 e. The van der Waals surface area contributed by atoms with Gasteiger partial charge < -0.3 is 28.5 Å². The minimum Gasteiger partial charge on any atom is -0.756 e. The normalized spacial score (nSPS) is 14.0. The van der Waals surface area contributed by atoms with Crippen molar-refractivity contribution >= 4 is 19.7 Å². The van der Waals surface area contributed by atoms with E-state index < -0.39 is 26.6 Å². The van der Waals surface area contributed by atoms with Gasteiger partial charge in [-0.1, -0.05) is 268 Å². The first-order valence-electron chi connectivity index (χ1n) is 32.1. The molecule has 0 spiro atoms. The maximum absolute atomic E-state index is 13.5. The molecule has 0 rings (SSSR count). The molecule has 0 radical (unpaired) electrons. The van der Waals surface area contributed by atoms with Crippen LogP contribution in [0, 0.1) is 0 Å². The van der Waals surface area contributed by atoms with E-state index in [1.54, 1.807) is 0 Å². The number of phosphoric ester groups is 1. The molecule has 0 aliphatic heterocycles. The molecule has 0 saturated heterocycles. The zero-order chi connectivity index (χ0) is 55.7. The van der Waals surface area contributed by atoms with Crippen molar-refractivity contribution < 1.29 is 37.3 Å². The molecule has 9 nitrogen and oxygen atoms in total. The van der Waals surface area contributed by atoms with Crippen LogP contribution in [-0.4, -0.2) is 69.4 Å². The van der Waals surface area contributed by atoms with E-state index in [0.717, 1.165) is 89.9 Å². The summed E-state index contributed by atoms with van der Waals surface area (Å²) in [6, 6.07) is -0.892. The van der Waals surface area contributed by atoms with Crippen molar-refractivity contribution in [2.24, 2.45) is 0 Å². The number of amides is 1. The van der Waals surface area contributed by atoms with Gasteiger partial charge in [0.25, 0.3) is 7.82 Å². The number of rotatable bonds is 58. The van der Waals surface area contributed by atoms with Gasteiger partial charge in [0.15, 0.2) is 0 Å². The lowest BCUT2D eigenvalue weighted by atomic mass is 10.0. The predicted octanol–water partition coefficient (Wildman–Crippen LogP) is 19.2. The molecule has 3 atom stereocenters. The van der Waals surface area contributed by atoms with E-state index >= 15 is 0 Å². The van der Waals surface area contributed by atoms with Gasteiger partial charge in [0.1, 0.15) is 19.3 Å². The topological polar surface area (TPSA) is 114 Å². The van der Waals surface area contributed by atoms with E-state index in [2.05, 4.69) is 74.7 Å². The lowest BCUT2D eigenvalue weighted by Gasteiger charge is -2.30. The Bertz CT molecular complexity index is 1490. The Morgan fingerprint density at radius 1 is 0.461 bits per heavy atom. The average molecular weight is 1090 g/mol. The van der Waals surface area contributed by atoms with E-state index in [1.165, 1.54) is 173 Å². The fraction of sp³-hybridized carbons (Fsp3) is 0.818. The molecule has 10 heteroatoms. The highest BCUT2D eigenvalue weighted by molar-refractivity contribution is 7.45. The number of quaternary nitrogens is 1. The number of hydrogen-bond donors (Lipinski definition) is 1. The number of ether oxygens (including phenoxy) is 1. The lowest BCUT2D eigenvalue weighted by molar-refractivity contribution is -0.870. The second-order valence-electron chi connectivity index (χ2n) is 22.9. The first-order valence-corrected chi connectivity index (χ1v) is 33.6. The minimum absolute atomic E-state index is 0.0240. The van der Waals surface area contributed by atoms with Crippen molar-refractivity contribution in [1.29, 1.82) is 0 Å². The van der Waals surface area contributed by atoms with Gasteiger partial charge in [-0.2, -0.15) is 0 Å². The Morgan fingerprint density at radius 3 is 1.22 bits per heavy atom. The number of nitrogens with one attached hydrogen (secondary N) is 1. The van der Waals surface area contributed by atoms with Gasteiger partial charge in [0.2, 0.25) is 5.91 Å². The van der Waals surface area contributed by atoms with E-state index in [-0.39, 0.29) is 24.9 Å². The first-order chi connectivity index (χ1) is 36.9. The number of carbonyl (C=O) groups is 2. The first kappa shape index (κ1) is 73.7. The van der Waals surface area contributed by atoms with Crippen molar-refractivity contribution in [1.82, 2.24) is 5.32 Å². The quantitative estimate of drug-likeness (QED) is 0.0212. The van der Waals surface area contributed by atoms with E-state index in [4.69, 9.17) is 13.8 Å². The highest BCUT2D eigenvalue weighted by Gasteiger charge is 2.27. The largest absolute Gasteiger partial charge is 0.756 e. The summed E-state index contributed by atoms with van der Waals surface area (Å²) < 4.78 is 30.3. The summed E-state index contributed by atoms with van der Waals surface area (Å²) in [6.07, 6.45) is 70.3. The Balaban J connectivity index is 5.23. The Kier molecular flexibility index (Phi) is 54.3. The van der Waals surface area contributed by atoms with Gasteiger partial charge in [0.05, 0.1) is 33.8 Å². The summed E-state index contributed by atoms with van der Waals surface area (Å²) in [5.41, 5.74) is 0. The number of nitrogens with zero attached hydrogens (tertiary/aromatic N) is 1. The fourth-order valence-electron chi connectivity index (χ4n) is 9.21. The van der Waals surface area contributed by atoms with Crippen LogP contribution < -0.4 is 10.2 Å². The number of carbonyl (C=O) groups excluding carboxylic acids is 2. The van der Waals surface area contributed by atoms with Crippen LogP contribution in [0.2, 0.25) is 0 Å². The molecule has 3 unspecified atom stereocenters. The SMILES string of the molecule is CCCCC/C=C\C/C=C\C/C=C\C/C=C\CCCCCCCCCC(=O)OC(/C=C/CCCCCCCCCCCCC)C(COP(=O)([O-])OCC[N+](C)(C)C)NC(=O)CCCCCCCCCCCCCCCC. The molecule has 0 aromatic carbocycles. The van der Waals surface area contributed by atoms with Crippen LogP contribution in [0.5, 0.6) is 0 Å². The van der Waals surface area contributed by atoms with Crippen molar-refractivity contribution in [3.63, 3.8) is 0 Å². The zero-order valence-electron chi connectivity index (χ0n) is 50.7. The highest BCUT2D eigenvalue weighted by atomic mass is 31.2. The number of esters is 1. The van der Waals surface area contributed by atoms with Gasteiger partial charge in [-0.15, -0.1) is 0 Å². The molecule has 0 aliphatic carbocycles. The molecule has 76 heavy (non-hydrogen) atoms. The summed E-state index contributed by atoms with van der Waals surface area (Å²) in [4.78, 5) is 40.0. The minimum atomic E-state index is -4.70. The third-order valence-corrected chi connectivity index (χ3v) is 15.2. The molecule has 0 aromatic rings. The number of allylic oxidation sites excluding steroid dienone is 9. The Morgan fingerprint density at radius 2 is 0.803 bits per heavy atom. The van der Waals surface area contributed by atoms with Crippen LogP contribution in [0.25, 0.3) is 0 Å². The van der Waals surface area contributed by atoms with Gasteiger partial charge in [-0.3, -0.25) is 14.2 Å². The molecule has 0 saturated carbocycles. The second kappa shape index (κ2) is 56.0. The molecule has 0 aromatic heterocycles. The lowest BCUT2D eigenvalue weighted by Crippen LogP contribution is -2.47. The summed E-state index contributed by atoms with van der Waals surface area (Å²) in [6.45, 7) is 6.83. The number of unbranched alkanes of at least 4 members (excludes halogenated alkanes) is 34. The standard InChI is InChI=1S/C66H123N2O7P/c1-7-10-13-16-19-22-25-28-30-31-32-33-34-35-36-37-38-41-44-47-50-53-56-59-66(70)75-64(57-54-51-48-45-42-39-27-24-21-18-15-12-9-3)63(62-74-76(71,72)73-61-60-68(4,5)6)67-65(69)58-55-52-49-46-43-40-29-26-23-20-17-14-11-8-2/h19,22,28,30,32-33,35-36,54,57,63-64H,7-18,20-21,23-27,29,31,34,37-53,55-56,58-62H2,1-6H3,(H-,67,69,71,72)/b22-19-,30-28-,33-32-,36-35-,57-54+. The van der Waals surface area contributed by atoms with Gasteiger partial charge in [0, 0.05) is 12.8 Å².